The highest BCUT2D eigenvalue weighted by atomic mass is 19.1. The lowest BCUT2D eigenvalue weighted by atomic mass is 10.1. The third-order valence-corrected chi connectivity index (χ3v) is 4.71. The molecule has 0 spiro atoms. The maximum absolute atomic E-state index is 14.8. The van der Waals surface area contributed by atoms with E-state index in [1.54, 1.807) is 20.8 Å². The van der Waals surface area contributed by atoms with E-state index in [4.69, 9.17) is 14.2 Å². The average molecular weight is 439 g/mol. The summed E-state index contributed by atoms with van der Waals surface area (Å²) < 4.78 is 33.7. The molecule has 0 amide bonds. The lowest BCUT2D eigenvalue weighted by Crippen LogP contribution is -2.24. The molecular weight excluding hydrogens is 409 g/mol. The van der Waals surface area contributed by atoms with Gasteiger partial charge in [-0.15, -0.1) is 5.10 Å². The van der Waals surface area contributed by atoms with Gasteiger partial charge in [-0.3, -0.25) is 4.57 Å². The van der Waals surface area contributed by atoms with Gasteiger partial charge in [0.05, 0.1) is 6.10 Å². The number of carboxylic acids is 1. The number of carboxylic acid groups (broad SMARTS) is 1. The van der Waals surface area contributed by atoms with Gasteiger partial charge in [-0.1, -0.05) is 13.3 Å². The van der Waals surface area contributed by atoms with Crippen LogP contribution in [0.1, 0.15) is 69.7 Å². The maximum Gasteiger partial charge on any atom is 0.350 e. The molecule has 0 saturated heterocycles. The Kier molecular flexibility index (Phi) is 8.35. The average Bonchev–Trinajstić information content (AvgIpc) is 2.98. The number of nitrogens with zero attached hydrogens (tertiary/aromatic N) is 3. The molecule has 1 N–H and O–H groups in total. The molecule has 1 heterocycles. The first kappa shape index (κ1) is 24.5. The maximum atomic E-state index is 14.8. The van der Waals surface area contributed by atoms with Crippen LogP contribution in [0.5, 0.6) is 5.75 Å². The van der Waals surface area contributed by atoms with E-state index in [1.807, 2.05) is 13.8 Å². The van der Waals surface area contributed by atoms with E-state index in [0.717, 1.165) is 17.2 Å². The smallest absolute Gasteiger partial charge is 0.350 e. The molecule has 1 aromatic heterocycles. The summed E-state index contributed by atoms with van der Waals surface area (Å²) in [5.41, 5.74) is -1.14. The Morgan fingerprint density at radius 2 is 1.94 bits per heavy atom. The van der Waals surface area contributed by atoms with Gasteiger partial charge in [-0.05, 0) is 40.2 Å². The topological polar surface area (TPSA) is 105 Å². The molecular formula is C21H30FN3O6. The highest BCUT2D eigenvalue weighted by Crippen LogP contribution is 2.27. The molecule has 0 saturated carbocycles. The molecule has 3 unspecified atom stereocenters. The first-order valence-corrected chi connectivity index (χ1v) is 10.3. The Morgan fingerprint density at radius 1 is 1.26 bits per heavy atom. The summed E-state index contributed by atoms with van der Waals surface area (Å²) in [5, 5.41) is 13.7. The normalized spacial score (nSPS) is 14.3. The summed E-state index contributed by atoms with van der Waals surface area (Å²) in [6, 6.07) is 2.03. The lowest BCUT2D eigenvalue weighted by molar-refractivity contribution is -0.156. The largest absolute Gasteiger partial charge is 0.490 e. The van der Waals surface area contributed by atoms with Gasteiger partial charge >= 0.3 is 11.7 Å². The summed E-state index contributed by atoms with van der Waals surface area (Å²) >= 11 is 0. The van der Waals surface area contributed by atoms with Gasteiger partial charge in [0.25, 0.3) is 0 Å². The summed E-state index contributed by atoms with van der Waals surface area (Å²) in [6.45, 7) is 9.48. The van der Waals surface area contributed by atoms with E-state index in [9.17, 15) is 19.1 Å². The van der Waals surface area contributed by atoms with Crippen LogP contribution < -0.4 is 10.4 Å². The second kappa shape index (κ2) is 10.5. The van der Waals surface area contributed by atoms with E-state index in [2.05, 4.69) is 5.10 Å². The third-order valence-electron chi connectivity index (χ3n) is 4.71. The number of halogens is 1. The van der Waals surface area contributed by atoms with Crippen molar-refractivity contribution in [2.45, 2.75) is 66.0 Å². The zero-order chi connectivity index (χ0) is 23.3. The minimum atomic E-state index is -1.33. The molecule has 1 aromatic carbocycles. The Hall–Kier alpha value is -2.72. The van der Waals surface area contributed by atoms with E-state index in [-0.39, 0.29) is 28.9 Å². The van der Waals surface area contributed by atoms with Gasteiger partial charge in [-0.25, -0.2) is 14.0 Å². The van der Waals surface area contributed by atoms with Crippen LogP contribution in [0.3, 0.4) is 0 Å². The van der Waals surface area contributed by atoms with Gasteiger partial charge in [0, 0.05) is 19.7 Å². The Labute approximate surface area is 180 Å². The lowest BCUT2D eigenvalue weighted by Gasteiger charge is -2.18. The molecule has 9 nitrogen and oxygen atoms in total. The number of aromatic nitrogens is 3. The predicted molar refractivity (Wildman–Crippen MR) is 111 cm³/mol. The Bertz CT molecular complexity index is 971. The van der Waals surface area contributed by atoms with Crippen molar-refractivity contribution in [1.29, 1.82) is 0 Å². The van der Waals surface area contributed by atoms with Crippen molar-refractivity contribution in [3.05, 3.63) is 39.8 Å². The van der Waals surface area contributed by atoms with Crippen molar-refractivity contribution < 1.29 is 28.5 Å². The molecule has 3 atom stereocenters. The van der Waals surface area contributed by atoms with E-state index in [1.165, 1.54) is 17.7 Å². The number of benzene rings is 1. The molecule has 0 aliphatic carbocycles. The molecule has 10 heteroatoms. The van der Waals surface area contributed by atoms with Crippen LogP contribution in [-0.2, 0) is 16.5 Å². The van der Waals surface area contributed by atoms with Gasteiger partial charge < -0.3 is 19.3 Å². The molecule has 172 valence electrons. The molecule has 2 rings (SSSR count). The minimum absolute atomic E-state index is 0.0294. The number of carbonyl (C=O) groups is 1. The molecule has 0 aliphatic heterocycles. The summed E-state index contributed by atoms with van der Waals surface area (Å²) in [6.07, 6.45) is 0.102. The van der Waals surface area contributed by atoms with Gasteiger partial charge in [0.1, 0.15) is 28.9 Å². The molecule has 31 heavy (non-hydrogen) atoms. The predicted octanol–water partition coefficient (Wildman–Crippen LogP) is 3.44. The van der Waals surface area contributed by atoms with Crippen molar-refractivity contribution in [2.75, 3.05) is 6.61 Å². The van der Waals surface area contributed by atoms with Crippen LogP contribution >= 0.6 is 0 Å². The summed E-state index contributed by atoms with van der Waals surface area (Å²) in [5.74, 6) is -2.00. The standard InChI is InChI=1S/C21H30FN3O6/c1-7-9-12(3)30-18-11-17(16(22)10-15(18)20(26)27)25-21(28)24(6)19(23-25)13(4)31-14(5)29-8-2/h10-14H,7-9H2,1-6H3,(H,26,27). The minimum Gasteiger partial charge on any atom is -0.490 e. The third kappa shape index (κ3) is 5.71. The van der Waals surface area contributed by atoms with Crippen LogP contribution in [0.4, 0.5) is 4.39 Å². The summed E-state index contributed by atoms with van der Waals surface area (Å²) in [7, 11) is 1.50. The number of hydrogen-bond acceptors (Lipinski definition) is 6. The zero-order valence-corrected chi connectivity index (χ0v) is 18.7. The second-order valence-electron chi connectivity index (χ2n) is 7.23. The highest BCUT2D eigenvalue weighted by molar-refractivity contribution is 5.91. The van der Waals surface area contributed by atoms with Crippen LogP contribution in [0.25, 0.3) is 5.69 Å². The van der Waals surface area contributed by atoms with E-state index >= 15 is 0 Å². The Balaban J connectivity index is 2.50. The van der Waals surface area contributed by atoms with Crippen LogP contribution in [-0.4, -0.2) is 44.4 Å². The first-order chi connectivity index (χ1) is 14.6. The van der Waals surface area contributed by atoms with Crippen molar-refractivity contribution in [3.63, 3.8) is 0 Å². The molecule has 2 aromatic rings. The molecule has 0 radical (unpaired) electrons. The summed E-state index contributed by atoms with van der Waals surface area (Å²) in [4.78, 5) is 24.3. The molecule has 0 fully saturated rings. The van der Waals surface area contributed by atoms with Crippen molar-refractivity contribution >= 4 is 5.97 Å². The number of hydrogen-bond donors (Lipinski definition) is 1. The van der Waals surface area contributed by atoms with Crippen LogP contribution in [0, 0.1) is 5.82 Å². The number of rotatable bonds is 11. The van der Waals surface area contributed by atoms with E-state index in [0.29, 0.717) is 13.0 Å². The SMILES string of the molecule is CCCC(C)Oc1cc(-n2nc(C(C)OC(C)OCC)n(C)c2=O)c(F)cc1C(=O)O. The second-order valence-corrected chi connectivity index (χ2v) is 7.23. The van der Waals surface area contributed by atoms with Gasteiger partial charge in [0.15, 0.2) is 12.1 Å². The highest BCUT2D eigenvalue weighted by Gasteiger charge is 2.24. The fourth-order valence-corrected chi connectivity index (χ4v) is 3.24. The first-order valence-electron chi connectivity index (χ1n) is 10.3. The van der Waals surface area contributed by atoms with Crippen LogP contribution in [0.15, 0.2) is 16.9 Å². The van der Waals surface area contributed by atoms with Gasteiger partial charge in [-0.2, -0.15) is 4.68 Å². The molecule has 0 bridgehead atoms. The monoisotopic (exact) mass is 439 g/mol. The van der Waals surface area contributed by atoms with Crippen LogP contribution in [0.2, 0.25) is 0 Å². The fraction of sp³-hybridized carbons (Fsp3) is 0.571. The molecule has 0 aliphatic rings. The van der Waals surface area contributed by atoms with E-state index < -0.39 is 29.9 Å². The van der Waals surface area contributed by atoms with Gasteiger partial charge in [0.2, 0.25) is 0 Å². The Morgan fingerprint density at radius 3 is 2.52 bits per heavy atom. The zero-order valence-electron chi connectivity index (χ0n) is 18.7. The number of ether oxygens (including phenoxy) is 3. The van der Waals surface area contributed by atoms with Crippen molar-refractivity contribution in [3.8, 4) is 11.4 Å². The van der Waals surface area contributed by atoms with Crippen molar-refractivity contribution in [1.82, 2.24) is 14.3 Å². The van der Waals surface area contributed by atoms with Crippen molar-refractivity contribution in [2.24, 2.45) is 7.05 Å². The number of aromatic carboxylic acids is 1. The quantitative estimate of drug-likeness (QED) is 0.535. The fourth-order valence-electron chi connectivity index (χ4n) is 3.24.